The van der Waals surface area contributed by atoms with Crippen LogP contribution in [-0.4, -0.2) is 4.57 Å². The largest absolute Gasteiger partial charge is 0.311 e. The van der Waals surface area contributed by atoms with Gasteiger partial charge in [0, 0.05) is 53.7 Å². The third kappa shape index (κ3) is 6.44. The van der Waals surface area contributed by atoms with Crippen LogP contribution in [0.25, 0.3) is 93.2 Å². The van der Waals surface area contributed by atoms with E-state index in [-0.39, 0.29) is 0 Å². The van der Waals surface area contributed by atoms with Gasteiger partial charge in [-0.15, -0.1) is 11.3 Å². The van der Waals surface area contributed by atoms with Crippen molar-refractivity contribution in [1.82, 2.24) is 4.57 Å². The summed E-state index contributed by atoms with van der Waals surface area (Å²) in [5.41, 5.74) is 16.0. The van der Waals surface area contributed by atoms with Gasteiger partial charge in [0.15, 0.2) is 0 Å². The van der Waals surface area contributed by atoms with Crippen LogP contribution < -0.4 is 4.90 Å². The molecule has 9 aromatic carbocycles. The first-order valence-corrected chi connectivity index (χ1v) is 21.5. The van der Waals surface area contributed by atoms with Crippen LogP contribution in [0.4, 0.5) is 17.1 Å². The third-order valence-corrected chi connectivity index (χ3v) is 13.1. The summed E-state index contributed by atoms with van der Waals surface area (Å²) in [6.07, 6.45) is 3.77. The van der Waals surface area contributed by atoms with Gasteiger partial charge in [0.05, 0.1) is 11.0 Å². The number of nitrogens with zero attached hydrogens (tertiary/aromatic N) is 2. The Bertz CT molecular complexity index is 3390. The molecule has 2 nitrogen and oxygen atoms in total. The van der Waals surface area contributed by atoms with E-state index in [1.807, 2.05) is 23.5 Å². The van der Waals surface area contributed by atoms with Gasteiger partial charge in [0.25, 0.3) is 0 Å². The first kappa shape index (κ1) is 36.4. The molecule has 0 aliphatic carbocycles. The normalized spacial score (nSPS) is 11.4. The van der Waals surface area contributed by atoms with Gasteiger partial charge in [0.2, 0.25) is 0 Å². The van der Waals surface area contributed by atoms with Crippen LogP contribution in [0.1, 0.15) is 11.1 Å². The maximum Gasteiger partial charge on any atom is 0.0541 e. The molecule has 0 saturated carbocycles. The average molecular weight is 797 g/mol. The van der Waals surface area contributed by atoms with E-state index in [2.05, 4.69) is 229 Å². The molecule has 0 radical (unpaired) electrons. The molecule has 0 aliphatic heterocycles. The maximum absolute atomic E-state index is 4.03. The van der Waals surface area contributed by atoms with Gasteiger partial charge in [-0.1, -0.05) is 153 Å². The van der Waals surface area contributed by atoms with Crippen molar-refractivity contribution in [2.75, 3.05) is 4.90 Å². The van der Waals surface area contributed by atoms with Crippen LogP contribution in [0.15, 0.2) is 219 Å². The fraction of sp³-hybridized carbons (Fsp3) is 0. The molecule has 11 aromatic rings. The Hall–Kier alpha value is -7.72. The lowest BCUT2D eigenvalue weighted by Crippen LogP contribution is -2.09. The van der Waals surface area contributed by atoms with Gasteiger partial charge < -0.3 is 9.47 Å². The van der Waals surface area contributed by atoms with Gasteiger partial charge in [-0.25, -0.2) is 0 Å². The molecule has 2 aromatic heterocycles. The minimum absolute atomic E-state index is 1.07. The van der Waals surface area contributed by atoms with Gasteiger partial charge in [-0.05, 0) is 123 Å². The molecule has 0 unspecified atom stereocenters. The molecule has 0 amide bonds. The standard InChI is InChI=1S/C58H40N2S/c1-3-39-20-21-45(36-40(39)4-2)42-24-31-48(32-25-42)59(49-33-26-43(27-34-49)46-28-35-54-53-16-7-10-19-57(53)61-58(54)38-46)47-29-22-41(23-30-47)44-12-11-13-50(37-44)60-55-17-8-5-14-51(55)52-15-6-9-18-56(52)60/h3-38H,1-2H2. The van der Waals surface area contributed by atoms with Crippen LogP contribution in [0, 0.1) is 0 Å². The first-order chi connectivity index (χ1) is 30.1. The highest BCUT2D eigenvalue weighted by Crippen LogP contribution is 2.40. The van der Waals surface area contributed by atoms with E-state index < -0.39 is 0 Å². The van der Waals surface area contributed by atoms with Crippen molar-refractivity contribution in [1.29, 1.82) is 0 Å². The number of aromatic nitrogens is 1. The minimum Gasteiger partial charge on any atom is -0.311 e. The SMILES string of the molecule is C=Cc1ccc(-c2ccc(N(c3ccc(-c4cccc(-n5c6ccccc6c6ccccc65)c4)cc3)c3ccc(-c4ccc5c(c4)sc4ccccc45)cc3)cc2)cc1C=C. The number of anilines is 3. The number of benzene rings is 9. The summed E-state index contributed by atoms with van der Waals surface area (Å²) in [5, 5.41) is 5.16. The number of thiophene rings is 1. The predicted octanol–water partition coefficient (Wildman–Crippen LogP) is 16.9. The van der Waals surface area contributed by atoms with Gasteiger partial charge in [-0.3, -0.25) is 0 Å². The van der Waals surface area contributed by atoms with Crippen LogP contribution >= 0.6 is 11.3 Å². The smallest absolute Gasteiger partial charge is 0.0541 e. The Morgan fingerprint density at radius 1 is 0.361 bits per heavy atom. The van der Waals surface area contributed by atoms with Crippen LogP contribution in [0.2, 0.25) is 0 Å². The second kappa shape index (κ2) is 15.1. The number of para-hydroxylation sites is 2. The Kier molecular flexibility index (Phi) is 9.03. The Balaban J connectivity index is 0.961. The van der Waals surface area contributed by atoms with Crippen molar-refractivity contribution >= 4 is 82.5 Å². The molecule has 0 atom stereocenters. The minimum atomic E-state index is 1.07. The molecular weight excluding hydrogens is 757 g/mol. The van der Waals surface area contributed by atoms with E-state index in [9.17, 15) is 0 Å². The summed E-state index contributed by atoms with van der Waals surface area (Å²) in [7, 11) is 0. The molecule has 61 heavy (non-hydrogen) atoms. The number of fused-ring (bicyclic) bond motifs is 6. The van der Waals surface area contributed by atoms with Gasteiger partial charge in [-0.2, -0.15) is 0 Å². The van der Waals surface area contributed by atoms with Crippen molar-refractivity contribution in [2.24, 2.45) is 0 Å². The van der Waals surface area contributed by atoms with E-state index in [4.69, 9.17) is 0 Å². The van der Waals surface area contributed by atoms with Crippen LogP contribution in [-0.2, 0) is 0 Å². The van der Waals surface area contributed by atoms with E-state index in [0.717, 1.165) is 50.6 Å². The van der Waals surface area contributed by atoms with E-state index in [1.54, 1.807) is 0 Å². The molecule has 11 rings (SSSR count). The molecule has 0 aliphatic rings. The summed E-state index contributed by atoms with van der Waals surface area (Å²) in [4.78, 5) is 2.34. The van der Waals surface area contributed by atoms with Crippen LogP contribution in [0.3, 0.4) is 0 Å². The molecule has 3 heteroatoms. The quantitative estimate of drug-likeness (QED) is 0.141. The zero-order valence-electron chi connectivity index (χ0n) is 33.5. The molecule has 0 fully saturated rings. The van der Waals surface area contributed by atoms with Crippen molar-refractivity contribution in [3.63, 3.8) is 0 Å². The number of hydrogen-bond donors (Lipinski definition) is 0. The van der Waals surface area contributed by atoms with Crippen LogP contribution in [0.5, 0.6) is 0 Å². The Labute approximate surface area is 359 Å². The fourth-order valence-electron chi connectivity index (χ4n) is 8.90. The second-order valence-corrected chi connectivity index (χ2v) is 16.5. The van der Waals surface area contributed by atoms with Crippen molar-refractivity contribution in [3.8, 4) is 39.1 Å². The monoisotopic (exact) mass is 796 g/mol. The lowest BCUT2D eigenvalue weighted by molar-refractivity contribution is 1.18. The highest BCUT2D eigenvalue weighted by atomic mass is 32.1. The molecule has 0 bridgehead atoms. The summed E-state index contributed by atoms with van der Waals surface area (Å²) in [5.74, 6) is 0. The Morgan fingerprint density at radius 3 is 1.43 bits per heavy atom. The second-order valence-electron chi connectivity index (χ2n) is 15.5. The zero-order chi connectivity index (χ0) is 40.9. The maximum atomic E-state index is 4.03. The average Bonchev–Trinajstić information content (AvgIpc) is 3.88. The molecule has 0 spiro atoms. The van der Waals surface area contributed by atoms with E-state index >= 15 is 0 Å². The molecule has 0 N–H and O–H groups in total. The van der Waals surface area contributed by atoms with Gasteiger partial charge in [0.1, 0.15) is 0 Å². The summed E-state index contributed by atoms with van der Waals surface area (Å²) in [6.45, 7) is 8.01. The molecule has 288 valence electrons. The zero-order valence-corrected chi connectivity index (χ0v) is 34.3. The number of rotatable bonds is 9. The Morgan fingerprint density at radius 2 is 0.836 bits per heavy atom. The lowest BCUT2D eigenvalue weighted by Gasteiger charge is -2.26. The summed E-state index contributed by atoms with van der Waals surface area (Å²) in [6, 6.07) is 75.0. The summed E-state index contributed by atoms with van der Waals surface area (Å²) >= 11 is 1.86. The molecular formula is C58H40N2S. The highest BCUT2D eigenvalue weighted by Gasteiger charge is 2.16. The van der Waals surface area contributed by atoms with E-state index in [0.29, 0.717) is 0 Å². The topological polar surface area (TPSA) is 8.17 Å². The highest BCUT2D eigenvalue weighted by molar-refractivity contribution is 7.25. The molecule has 2 heterocycles. The van der Waals surface area contributed by atoms with Crippen molar-refractivity contribution in [3.05, 3.63) is 231 Å². The van der Waals surface area contributed by atoms with Crippen molar-refractivity contribution < 1.29 is 0 Å². The van der Waals surface area contributed by atoms with Gasteiger partial charge >= 0.3 is 0 Å². The summed E-state index contributed by atoms with van der Waals surface area (Å²) < 4.78 is 5.01. The van der Waals surface area contributed by atoms with E-state index in [1.165, 1.54) is 58.7 Å². The fourth-order valence-corrected chi connectivity index (χ4v) is 10.0. The third-order valence-electron chi connectivity index (χ3n) is 12.0. The lowest BCUT2D eigenvalue weighted by atomic mass is 9.98. The number of hydrogen-bond acceptors (Lipinski definition) is 2. The van der Waals surface area contributed by atoms with Crippen molar-refractivity contribution in [2.45, 2.75) is 0 Å². The molecule has 0 saturated heterocycles. The predicted molar refractivity (Wildman–Crippen MR) is 265 cm³/mol. The first-order valence-electron chi connectivity index (χ1n) is 20.6.